The second kappa shape index (κ2) is 6.13. The van der Waals surface area contributed by atoms with Crippen LogP contribution in [0.25, 0.3) is 0 Å². The summed E-state index contributed by atoms with van der Waals surface area (Å²) in [5.74, 6) is 2.34. The first kappa shape index (κ1) is 15.9. The van der Waals surface area contributed by atoms with Crippen LogP contribution in [0.15, 0.2) is 0 Å². The Kier molecular flexibility index (Phi) is 4.89. The molecule has 1 aliphatic rings. The summed E-state index contributed by atoms with van der Waals surface area (Å²) >= 11 is 2.35. The summed E-state index contributed by atoms with van der Waals surface area (Å²) in [4.78, 5) is 9.54. The molecule has 1 atom stereocenters. The number of ether oxygens (including phenoxy) is 1. The second-order valence-corrected chi connectivity index (χ2v) is 7.43. The molecule has 1 unspecified atom stereocenters. The molecule has 0 saturated heterocycles. The fourth-order valence-corrected chi connectivity index (χ4v) is 3.22. The van der Waals surface area contributed by atoms with E-state index in [1.54, 1.807) is 0 Å². The third kappa shape index (κ3) is 3.42. The third-order valence-corrected chi connectivity index (χ3v) is 4.51. The Morgan fingerprint density at radius 1 is 1.35 bits per heavy atom. The molecule has 1 aromatic heterocycles. The first-order chi connectivity index (χ1) is 9.38. The highest BCUT2D eigenvalue weighted by atomic mass is 127. The van der Waals surface area contributed by atoms with Gasteiger partial charge in [0.25, 0.3) is 0 Å². The van der Waals surface area contributed by atoms with Gasteiger partial charge >= 0.3 is 0 Å². The Bertz CT molecular complexity index is 481. The Labute approximate surface area is 135 Å². The molecule has 1 N–H and O–H groups in total. The summed E-state index contributed by atoms with van der Waals surface area (Å²) in [6.45, 7) is 9.21. The first-order valence-electron chi connectivity index (χ1n) is 7.25. The first-order valence-corrected chi connectivity index (χ1v) is 8.33. The Morgan fingerprint density at radius 2 is 2.00 bits per heavy atom. The maximum Gasteiger partial charge on any atom is 0.160 e. The Balaban J connectivity index is 2.46. The van der Waals surface area contributed by atoms with Crippen molar-refractivity contribution in [2.45, 2.75) is 52.6 Å². The zero-order chi connectivity index (χ0) is 14.9. The maximum atomic E-state index is 5.93. The fraction of sp³-hybridized carbons (Fsp3) is 0.733. The molecule has 0 spiro atoms. The number of nitrogens with zero attached hydrogens (tertiary/aromatic N) is 2. The predicted octanol–water partition coefficient (Wildman–Crippen LogP) is 4.12. The van der Waals surface area contributed by atoms with Crippen LogP contribution < -0.4 is 5.32 Å². The van der Waals surface area contributed by atoms with E-state index in [-0.39, 0.29) is 11.5 Å². The van der Waals surface area contributed by atoms with E-state index in [1.165, 1.54) is 18.5 Å². The van der Waals surface area contributed by atoms with E-state index >= 15 is 0 Å². The molecule has 0 radical (unpaired) electrons. The van der Waals surface area contributed by atoms with Gasteiger partial charge in [0.1, 0.15) is 11.9 Å². The summed E-state index contributed by atoms with van der Waals surface area (Å²) < 4.78 is 7.08. The quantitative estimate of drug-likeness (QED) is 0.770. The standard InChI is InChI=1S/C15H24IN3O/c1-6-20-12(15(2,3)4)14-18-11(9-7-8-9)10(16)13(17-5)19-14/h9,12H,6-8H2,1-5H3,(H,17,18,19). The molecule has 4 nitrogen and oxygen atoms in total. The van der Waals surface area contributed by atoms with Gasteiger partial charge in [-0.05, 0) is 47.8 Å². The average Bonchev–Trinajstić information content (AvgIpc) is 3.19. The van der Waals surface area contributed by atoms with Crippen molar-refractivity contribution in [2.24, 2.45) is 5.41 Å². The lowest BCUT2D eigenvalue weighted by Crippen LogP contribution is -2.24. The monoisotopic (exact) mass is 389 g/mol. The number of rotatable bonds is 5. The maximum absolute atomic E-state index is 5.93. The third-order valence-electron chi connectivity index (χ3n) is 3.45. The number of aromatic nitrogens is 2. The average molecular weight is 389 g/mol. The summed E-state index contributed by atoms with van der Waals surface area (Å²) in [6, 6.07) is 0. The SMILES string of the molecule is CCOC(c1nc(NC)c(I)c(C2CC2)n1)C(C)(C)C. The molecule has 0 aliphatic heterocycles. The van der Waals surface area contributed by atoms with E-state index in [2.05, 4.69) is 48.7 Å². The van der Waals surface area contributed by atoms with Gasteiger partial charge in [0.05, 0.1) is 9.26 Å². The molecule has 1 fully saturated rings. The molecule has 112 valence electrons. The fourth-order valence-electron chi connectivity index (χ4n) is 2.27. The van der Waals surface area contributed by atoms with E-state index in [9.17, 15) is 0 Å². The highest BCUT2D eigenvalue weighted by molar-refractivity contribution is 14.1. The number of hydrogen-bond acceptors (Lipinski definition) is 4. The minimum absolute atomic E-state index is 0.0192. The van der Waals surface area contributed by atoms with E-state index in [4.69, 9.17) is 14.7 Å². The van der Waals surface area contributed by atoms with Gasteiger partial charge in [-0.25, -0.2) is 9.97 Å². The molecular formula is C15H24IN3O. The van der Waals surface area contributed by atoms with Gasteiger partial charge < -0.3 is 10.1 Å². The van der Waals surface area contributed by atoms with Crippen molar-refractivity contribution in [1.29, 1.82) is 0 Å². The van der Waals surface area contributed by atoms with Crippen LogP contribution >= 0.6 is 22.6 Å². The Morgan fingerprint density at radius 3 is 2.45 bits per heavy atom. The lowest BCUT2D eigenvalue weighted by atomic mass is 9.88. The van der Waals surface area contributed by atoms with Gasteiger partial charge in [0, 0.05) is 19.6 Å². The molecular weight excluding hydrogens is 365 g/mol. The number of anilines is 1. The number of nitrogens with one attached hydrogen (secondary N) is 1. The summed E-state index contributed by atoms with van der Waals surface area (Å²) in [7, 11) is 1.91. The molecule has 2 rings (SSSR count). The van der Waals surface area contributed by atoms with Crippen molar-refractivity contribution in [3.63, 3.8) is 0 Å². The molecule has 1 heterocycles. The van der Waals surface area contributed by atoms with E-state index in [1.807, 2.05) is 14.0 Å². The minimum atomic E-state index is -0.0749. The van der Waals surface area contributed by atoms with Gasteiger partial charge in [0.2, 0.25) is 0 Å². The lowest BCUT2D eigenvalue weighted by molar-refractivity contribution is -0.0191. The highest BCUT2D eigenvalue weighted by Crippen LogP contribution is 2.43. The normalized spacial score (nSPS) is 17.1. The van der Waals surface area contributed by atoms with Crippen LogP contribution in [-0.2, 0) is 4.74 Å². The van der Waals surface area contributed by atoms with Crippen molar-refractivity contribution in [2.75, 3.05) is 19.0 Å². The van der Waals surface area contributed by atoms with Crippen LogP contribution in [-0.4, -0.2) is 23.6 Å². The molecule has 1 aliphatic carbocycles. The van der Waals surface area contributed by atoms with Gasteiger partial charge in [0.15, 0.2) is 5.82 Å². The molecule has 5 heteroatoms. The zero-order valence-corrected chi connectivity index (χ0v) is 15.1. The second-order valence-electron chi connectivity index (χ2n) is 6.36. The van der Waals surface area contributed by atoms with Crippen molar-refractivity contribution in [3.05, 3.63) is 15.1 Å². The molecule has 0 amide bonds. The van der Waals surface area contributed by atoms with Crippen molar-refractivity contribution in [1.82, 2.24) is 9.97 Å². The van der Waals surface area contributed by atoms with Crippen molar-refractivity contribution < 1.29 is 4.74 Å². The van der Waals surface area contributed by atoms with Crippen LogP contribution in [0.2, 0.25) is 0 Å². The van der Waals surface area contributed by atoms with Gasteiger partial charge in [-0.15, -0.1) is 0 Å². The predicted molar refractivity (Wildman–Crippen MR) is 90.1 cm³/mol. The van der Waals surface area contributed by atoms with E-state index in [0.717, 1.165) is 15.2 Å². The Hall–Kier alpha value is -0.430. The van der Waals surface area contributed by atoms with Crippen LogP contribution in [0.1, 0.15) is 64.1 Å². The minimum Gasteiger partial charge on any atom is -0.372 e. The van der Waals surface area contributed by atoms with Gasteiger partial charge in [-0.2, -0.15) is 0 Å². The molecule has 0 bridgehead atoms. The van der Waals surface area contributed by atoms with Crippen LogP contribution in [0.4, 0.5) is 5.82 Å². The highest BCUT2D eigenvalue weighted by Gasteiger charge is 2.34. The van der Waals surface area contributed by atoms with Crippen LogP contribution in [0.3, 0.4) is 0 Å². The van der Waals surface area contributed by atoms with Crippen LogP contribution in [0.5, 0.6) is 0 Å². The van der Waals surface area contributed by atoms with Crippen molar-refractivity contribution in [3.8, 4) is 0 Å². The smallest absolute Gasteiger partial charge is 0.160 e. The van der Waals surface area contributed by atoms with Gasteiger partial charge in [-0.3, -0.25) is 0 Å². The van der Waals surface area contributed by atoms with Crippen molar-refractivity contribution >= 4 is 28.4 Å². The molecule has 20 heavy (non-hydrogen) atoms. The van der Waals surface area contributed by atoms with Gasteiger partial charge in [-0.1, -0.05) is 20.8 Å². The molecule has 1 saturated carbocycles. The number of hydrogen-bond donors (Lipinski definition) is 1. The zero-order valence-electron chi connectivity index (χ0n) is 13.0. The van der Waals surface area contributed by atoms with E-state index < -0.39 is 0 Å². The summed E-state index contributed by atoms with van der Waals surface area (Å²) in [6.07, 6.45) is 2.41. The summed E-state index contributed by atoms with van der Waals surface area (Å²) in [5.41, 5.74) is 1.17. The lowest BCUT2D eigenvalue weighted by Gasteiger charge is -2.29. The largest absolute Gasteiger partial charge is 0.372 e. The van der Waals surface area contributed by atoms with E-state index in [0.29, 0.717) is 12.5 Å². The molecule has 0 aromatic carbocycles. The summed E-state index contributed by atoms with van der Waals surface area (Å²) in [5, 5.41) is 3.19. The van der Waals surface area contributed by atoms with Crippen LogP contribution in [0, 0.1) is 8.99 Å². The topological polar surface area (TPSA) is 47.0 Å². The number of halogens is 1. The molecule has 1 aromatic rings.